The van der Waals surface area contributed by atoms with Crippen LogP contribution in [0, 0.1) is 19.8 Å². The Hall–Kier alpha value is -1.36. The van der Waals surface area contributed by atoms with Crippen molar-refractivity contribution < 1.29 is 14.4 Å². The third-order valence-electron chi connectivity index (χ3n) is 4.03. The topological polar surface area (TPSA) is 66.6 Å². The second-order valence-electron chi connectivity index (χ2n) is 5.43. The van der Waals surface area contributed by atoms with Gasteiger partial charge in [-0.25, -0.2) is 0 Å². The molecule has 1 aromatic rings. The molecule has 0 bridgehead atoms. The molecular weight excluding hydrogens is 244 g/mol. The van der Waals surface area contributed by atoms with Crippen LogP contribution in [-0.4, -0.2) is 40.3 Å². The monoisotopic (exact) mass is 266 g/mol. The Kier molecular flexibility index (Phi) is 4.24. The van der Waals surface area contributed by atoms with E-state index in [-0.39, 0.29) is 17.9 Å². The molecule has 1 aliphatic rings. The minimum atomic E-state index is -0.333. The fourth-order valence-electron chi connectivity index (χ4n) is 2.66. The van der Waals surface area contributed by atoms with Crippen molar-refractivity contribution in [3.63, 3.8) is 0 Å². The summed E-state index contributed by atoms with van der Waals surface area (Å²) < 4.78 is 5.09. The van der Waals surface area contributed by atoms with E-state index in [1.807, 2.05) is 18.7 Å². The predicted octanol–water partition coefficient (Wildman–Crippen LogP) is 1.45. The number of carbonyl (C=O) groups excluding carboxylic acids is 1. The first kappa shape index (κ1) is 14.1. The molecule has 0 saturated carbocycles. The Morgan fingerprint density at radius 3 is 2.84 bits per heavy atom. The van der Waals surface area contributed by atoms with Gasteiger partial charge in [-0.15, -0.1) is 0 Å². The van der Waals surface area contributed by atoms with Gasteiger partial charge in [0.2, 0.25) is 5.91 Å². The van der Waals surface area contributed by atoms with E-state index in [1.54, 1.807) is 6.92 Å². The zero-order chi connectivity index (χ0) is 14.0. The summed E-state index contributed by atoms with van der Waals surface area (Å²) in [5, 5.41) is 13.4. The van der Waals surface area contributed by atoms with Crippen LogP contribution >= 0.6 is 0 Å². The average molecular weight is 266 g/mol. The van der Waals surface area contributed by atoms with Crippen molar-refractivity contribution in [3.8, 4) is 0 Å². The molecule has 1 fully saturated rings. The second kappa shape index (κ2) is 5.74. The number of aliphatic hydroxyl groups is 1. The normalized spacial score (nSPS) is 20.8. The molecule has 1 aromatic heterocycles. The van der Waals surface area contributed by atoms with Gasteiger partial charge in [0.1, 0.15) is 5.76 Å². The number of hydrogen-bond acceptors (Lipinski definition) is 4. The van der Waals surface area contributed by atoms with Gasteiger partial charge in [0, 0.05) is 31.0 Å². The van der Waals surface area contributed by atoms with Crippen molar-refractivity contribution in [2.24, 2.45) is 5.92 Å². The van der Waals surface area contributed by atoms with Gasteiger partial charge in [0.15, 0.2) is 0 Å². The number of likely N-dealkylation sites (tertiary alicyclic amines) is 1. The summed E-state index contributed by atoms with van der Waals surface area (Å²) >= 11 is 0. The summed E-state index contributed by atoms with van der Waals surface area (Å²) in [5.74, 6) is 1.18. The van der Waals surface area contributed by atoms with E-state index < -0.39 is 0 Å². The van der Waals surface area contributed by atoms with E-state index in [4.69, 9.17) is 4.52 Å². The van der Waals surface area contributed by atoms with Crippen LogP contribution < -0.4 is 0 Å². The molecule has 5 heteroatoms. The molecule has 0 spiro atoms. The van der Waals surface area contributed by atoms with E-state index in [2.05, 4.69) is 5.16 Å². The third kappa shape index (κ3) is 3.15. The number of amides is 1. The Balaban J connectivity index is 1.86. The van der Waals surface area contributed by atoms with Crippen LogP contribution in [0.25, 0.3) is 0 Å². The SMILES string of the molecule is Cc1noc(C)c1CCC(=O)N1CCC(C(C)O)C1. The quantitative estimate of drug-likeness (QED) is 0.895. The van der Waals surface area contributed by atoms with Gasteiger partial charge in [0.25, 0.3) is 0 Å². The van der Waals surface area contributed by atoms with Gasteiger partial charge < -0.3 is 14.5 Å². The number of aliphatic hydroxyl groups excluding tert-OH is 1. The minimum absolute atomic E-state index is 0.156. The summed E-state index contributed by atoms with van der Waals surface area (Å²) in [6.07, 6.45) is 1.72. The molecule has 1 N–H and O–H groups in total. The van der Waals surface area contributed by atoms with Gasteiger partial charge in [-0.2, -0.15) is 0 Å². The van der Waals surface area contributed by atoms with E-state index >= 15 is 0 Å². The van der Waals surface area contributed by atoms with E-state index in [0.717, 1.165) is 30.0 Å². The van der Waals surface area contributed by atoms with Crippen LogP contribution in [0.1, 0.15) is 36.8 Å². The van der Waals surface area contributed by atoms with Crippen molar-refractivity contribution in [3.05, 3.63) is 17.0 Å². The molecule has 2 heterocycles. The van der Waals surface area contributed by atoms with Crippen LogP contribution in [0.4, 0.5) is 0 Å². The Morgan fingerprint density at radius 2 is 2.32 bits per heavy atom. The van der Waals surface area contributed by atoms with Crippen LogP contribution in [0.15, 0.2) is 4.52 Å². The maximum Gasteiger partial charge on any atom is 0.222 e. The zero-order valence-electron chi connectivity index (χ0n) is 11.8. The molecule has 0 radical (unpaired) electrons. The molecule has 1 saturated heterocycles. The van der Waals surface area contributed by atoms with Gasteiger partial charge >= 0.3 is 0 Å². The summed E-state index contributed by atoms with van der Waals surface area (Å²) in [4.78, 5) is 14.0. The van der Waals surface area contributed by atoms with Crippen LogP contribution in [0.5, 0.6) is 0 Å². The number of carbonyl (C=O) groups is 1. The first-order valence-corrected chi connectivity index (χ1v) is 6.86. The van der Waals surface area contributed by atoms with Crippen molar-refractivity contribution in [1.82, 2.24) is 10.1 Å². The fourth-order valence-corrected chi connectivity index (χ4v) is 2.66. The molecule has 2 unspecified atom stereocenters. The number of aryl methyl sites for hydroxylation is 2. The number of hydrogen-bond donors (Lipinski definition) is 1. The summed E-state index contributed by atoms with van der Waals surface area (Å²) in [5.41, 5.74) is 1.91. The Labute approximate surface area is 113 Å². The lowest BCUT2D eigenvalue weighted by Gasteiger charge is -2.17. The summed E-state index contributed by atoms with van der Waals surface area (Å²) in [6.45, 7) is 7.01. The molecule has 0 aromatic carbocycles. The van der Waals surface area contributed by atoms with Gasteiger partial charge in [-0.3, -0.25) is 4.79 Å². The van der Waals surface area contributed by atoms with E-state index in [1.165, 1.54) is 0 Å². The largest absolute Gasteiger partial charge is 0.393 e. The molecule has 1 amide bonds. The maximum atomic E-state index is 12.1. The minimum Gasteiger partial charge on any atom is -0.393 e. The van der Waals surface area contributed by atoms with E-state index in [0.29, 0.717) is 19.4 Å². The van der Waals surface area contributed by atoms with Crippen molar-refractivity contribution >= 4 is 5.91 Å². The standard InChI is InChI=1S/C14H22N2O3/c1-9-13(11(3)19-15-9)4-5-14(18)16-7-6-12(8-16)10(2)17/h10,12,17H,4-8H2,1-3H3. The molecule has 2 atom stereocenters. The van der Waals surface area contributed by atoms with Crippen molar-refractivity contribution in [2.75, 3.05) is 13.1 Å². The van der Waals surface area contributed by atoms with Gasteiger partial charge in [0.05, 0.1) is 11.8 Å². The first-order valence-electron chi connectivity index (χ1n) is 6.86. The highest BCUT2D eigenvalue weighted by Gasteiger charge is 2.28. The van der Waals surface area contributed by atoms with Crippen molar-refractivity contribution in [1.29, 1.82) is 0 Å². The summed E-state index contributed by atoms with van der Waals surface area (Å²) in [7, 11) is 0. The van der Waals surface area contributed by atoms with Crippen LogP contribution in [0.3, 0.4) is 0 Å². The van der Waals surface area contributed by atoms with Crippen LogP contribution in [-0.2, 0) is 11.2 Å². The highest BCUT2D eigenvalue weighted by atomic mass is 16.5. The molecule has 1 aliphatic heterocycles. The van der Waals surface area contributed by atoms with Crippen LogP contribution in [0.2, 0.25) is 0 Å². The Bertz CT molecular complexity index is 434. The van der Waals surface area contributed by atoms with Gasteiger partial charge in [-0.1, -0.05) is 5.16 Å². The Morgan fingerprint density at radius 1 is 1.58 bits per heavy atom. The molecular formula is C14H22N2O3. The maximum absolute atomic E-state index is 12.1. The van der Waals surface area contributed by atoms with E-state index in [9.17, 15) is 9.90 Å². The molecule has 0 aliphatic carbocycles. The highest BCUT2D eigenvalue weighted by Crippen LogP contribution is 2.21. The fraction of sp³-hybridized carbons (Fsp3) is 0.714. The number of nitrogens with zero attached hydrogens (tertiary/aromatic N) is 2. The van der Waals surface area contributed by atoms with Gasteiger partial charge in [-0.05, 0) is 33.6 Å². The molecule has 19 heavy (non-hydrogen) atoms. The predicted molar refractivity (Wildman–Crippen MR) is 70.7 cm³/mol. The molecule has 106 valence electrons. The number of rotatable bonds is 4. The smallest absolute Gasteiger partial charge is 0.222 e. The highest BCUT2D eigenvalue weighted by molar-refractivity contribution is 5.76. The number of aromatic nitrogens is 1. The molecule has 5 nitrogen and oxygen atoms in total. The lowest BCUT2D eigenvalue weighted by molar-refractivity contribution is -0.130. The lowest BCUT2D eigenvalue weighted by Crippen LogP contribution is -2.30. The lowest BCUT2D eigenvalue weighted by atomic mass is 10.0. The zero-order valence-corrected chi connectivity index (χ0v) is 11.8. The third-order valence-corrected chi connectivity index (χ3v) is 4.03. The second-order valence-corrected chi connectivity index (χ2v) is 5.43. The van der Waals surface area contributed by atoms with Crippen molar-refractivity contribution in [2.45, 2.75) is 46.1 Å². The average Bonchev–Trinajstić information content (AvgIpc) is 2.95. The first-order chi connectivity index (χ1) is 8.99. The summed E-state index contributed by atoms with van der Waals surface area (Å²) in [6, 6.07) is 0. The molecule has 2 rings (SSSR count).